The maximum atomic E-state index is 14.1. The number of aryl methyl sites for hydroxylation is 2. The number of halogens is 2. The number of pyridine rings is 1. The SMILES string of the molecule is CCc1ncc(Oc2ccc(F)cc2F)c(-c2cc(C(C)C)c(=O)n(C)c2)n1.N=S(=O)=O. The average Bonchev–Trinajstić information content (AvgIpc) is 2.71. The zero-order chi connectivity index (χ0) is 24.0. The molecule has 2 aromatic heterocycles. The molecular formula is C21H22F2N4O4S. The molecule has 0 saturated heterocycles. The van der Waals surface area contributed by atoms with Gasteiger partial charge in [0, 0.05) is 36.9 Å². The van der Waals surface area contributed by atoms with Crippen LogP contribution in [0.5, 0.6) is 11.5 Å². The molecule has 0 amide bonds. The third kappa shape index (κ3) is 6.27. The molecule has 0 unspecified atom stereocenters. The number of benzene rings is 1. The number of nitrogens with one attached hydrogen (secondary N) is 1. The largest absolute Gasteiger partial charge is 0.450 e. The molecule has 0 spiro atoms. The third-order valence-corrected chi connectivity index (χ3v) is 4.34. The van der Waals surface area contributed by atoms with Crippen molar-refractivity contribution < 1.29 is 21.9 Å². The van der Waals surface area contributed by atoms with Crippen LogP contribution in [0.25, 0.3) is 11.3 Å². The molecule has 0 radical (unpaired) electrons. The Balaban J connectivity index is 0.000000837. The van der Waals surface area contributed by atoms with Gasteiger partial charge in [0.1, 0.15) is 17.3 Å². The fourth-order valence-corrected chi connectivity index (χ4v) is 2.82. The lowest BCUT2D eigenvalue weighted by Crippen LogP contribution is -2.21. The number of ether oxygens (including phenoxy) is 1. The van der Waals surface area contributed by atoms with E-state index in [2.05, 4.69) is 9.97 Å². The summed E-state index contributed by atoms with van der Waals surface area (Å²) in [6, 6.07) is 4.84. The highest BCUT2D eigenvalue weighted by molar-refractivity contribution is 7.60. The van der Waals surface area contributed by atoms with Gasteiger partial charge in [-0.2, -0.15) is 13.2 Å². The second-order valence-electron chi connectivity index (χ2n) is 7.02. The first-order chi connectivity index (χ1) is 15.0. The van der Waals surface area contributed by atoms with E-state index in [0.29, 0.717) is 29.1 Å². The Labute approximate surface area is 185 Å². The Morgan fingerprint density at radius 2 is 1.84 bits per heavy atom. The van der Waals surface area contributed by atoms with Gasteiger partial charge in [0.25, 0.3) is 5.56 Å². The smallest absolute Gasteiger partial charge is 0.308 e. The second-order valence-corrected chi connectivity index (χ2v) is 7.49. The van der Waals surface area contributed by atoms with Gasteiger partial charge < -0.3 is 9.30 Å². The lowest BCUT2D eigenvalue weighted by molar-refractivity contribution is 0.435. The molecule has 0 fully saturated rings. The summed E-state index contributed by atoms with van der Waals surface area (Å²) in [5, 5.41) is 0. The molecule has 0 bridgehead atoms. The molecule has 1 aromatic carbocycles. The Hall–Kier alpha value is -3.47. The summed E-state index contributed by atoms with van der Waals surface area (Å²) in [5.41, 5.74) is 1.64. The minimum Gasteiger partial charge on any atom is -0.450 e. The van der Waals surface area contributed by atoms with Crippen LogP contribution in [0.4, 0.5) is 8.78 Å². The van der Waals surface area contributed by atoms with E-state index in [0.717, 1.165) is 12.1 Å². The van der Waals surface area contributed by atoms with E-state index in [-0.39, 0.29) is 23.0 Å². The maximum absolute atomic E-state index is 14.1. The molecule has 11 heteroatoms. The lowest BCUT2D eigenvalue weighted by Gasteiger charge is -2.14. The molecule has 0 saturated carbocycles. The van der Waals surface area contributed by atoms with Gasteiger partial charge in [-0.1, -0.05) is 20.8 Å². The summed E-state index contributed by atoms with van der Waals surface area (Å²) in [4.78, 5) is 21.1. The molecule has 0 aliphatic rings. The van der Waals surface area contributed by atoms with Crippen molar-refractivity contribution >= 4 is 10.5 Å². The summed E-state index contributed by atoms with van der Waals surface area (Å²) in [6.45, 7) is 5.78. The van der Waals surface area contributed by atoms with E-state index in [1.165, 1.54) is 16.8 Å². The average molecular weight is 464 g/mol. The van der Waals surface area contributed by atoms with E-state index in [9.17, 15) is 13.6 Å². The van der Waals surface area contributed by atoms with Crippen molar-refractivity contribution in [3.8, 4) is 22.8 Å². The first-order valence-electron chi connectivity index (χ1n) is 9.53. The molecule has 32 heavy (non-hydrogen) atoms. The highest BCUT2D eigenvalue weighted by Gasteiger charge is 2.17. The minimum atomic E-state index is -2.61. The first-order valence-corrected chi connectivity index (χ1v) is 10.6. The van der Waals surface area contributed by atoms with Gasteiger partial charge >= 0.3 is 10.5 Å². The molecule has 2 heterocycles. The van der Waals surface area contributed by atoms with Gasteiger partial charge in [0.15, 0.2) is 17.3 Å². The predicted octanol–water partition coefficient (Wildman–Crippen LogP) is 4.23. The zero-order valence-corrected chi connectivity index (χ0v) is 18.7. The van der Waals surface area contributed by atoms with Gasteiger partial charge in [-0.15, -0.1) is 0 Å². The summed E-state index contributed by atoms with van der Waals surface area (Å²) in [7, 11) is -0.945. The molecule has 3 aromatic rings. The zero-order valence-electron chi connectivity index (χ0n) is 17.9. The van der Waals surface area contributed by atoms with Crippen LogP contribution in [0.2, 0.25) is 0 Å². The van der Waals surface area contributed by atoms with Crippen molar-refractivity contribution in [2.24, 2.45) is 7.05 Å². The minimum absolute atomic E-state index is 0.0186. The van der Waals surface area contributed by atoms with Gasteiger partial charge in [-0.05, 0) is 24.1 Å². The molecule has 8 nitrogen and oxygen atoms in total. The summed E-state index contributed by atoms with van der Waals surface area (Å²) in [6.07, 6.45) is 3.72. The van der Waals surface area contributed by atoms with Crippen molar-refractivity contribution in [3.63, 3.8) is 0 Å². The van der Waals surface area contributed by atoms with Crippen LogP contribution in [0.3, 0.4) is 0 Å². The Kier molecular flexibility index (Phi) is 8.30. The van der Waals surface area contributed by atoms with E-state index in [4.69, 9.17) is 17.9 Å². The van der Waals surface area contributed by atoms with Gasteiger partial charge in [0.2, 0.25) is 0 Å². The van der Waals surface area contributed by atoms with Crippen molar-refractivity contribution in [2.75, 3.05) is 0 Å². The van der Waals surface area contributed by atoms with Crippen molar-refractivity contribution in [1.29, 1.82) is 4.78 Å². The van der Waals surface area contributed by atoms with E-state index in [1.807, 2.05) is 20.8 Å². The first kappa shape index (κ1) is 24.8. The topological polar surface area (TPSA) is 115 Å². The second kappa shape index (κ2) is 10.7. The third-order valence-electron chi connectivity index (χ3n) is 4.34. The van der Waals surface area contributed by atoms with Crippen LogP contribution in [0.15, 0.2) is 41.5 Å². The summed E-state index contributed by atoms with van der Waals surface area (Å²) in [5.74, 6) is -0.830. The van der Waals surface area contributed by atoms with Gasteiger partial charge in [-0.25, -0.2) is 18.7 Å². The van der Waals surface area contributed by atoms with Crippen LogP contribution in [-0.4, -0.2) is 23.0 Å². The van der Waals surface area contributed by atoms with E-state index in [1.54, 1.807) is 19.3 Å². The predicted molar refractivity (Wildman–Crippen MR) is 114 cm³/mol. The van der Waals surface area contributed by atoms with Crippen LogP contribution < -0.4 is 10.3 Å². The molecule has 0 aliphatic heterocycles. The van der Waals surface area contributed by atoms with Crippen molar-refractivity contribution in [2.45, 2.75) is 33.1 Å². The molecule has 170 valence electrons. The molecular weight excluding hydrogens is 442 g/mol. The number of nitrogens with zero attached hydrogens (tertiary/aromatic N) is 3. The summed E-state index contributed by atoms with van der Waals surface area (Å²) >= 11 is 0. The van der Waals surface area contributed by atoms with E-state index >= 15 is 0 Å². The molecule has 1 N–H and O–H groups in total. The molecule has 0 atom stereocenters. The standard InChI is InChI=1S/C21H21F2N3O2.HNO2S/c1-5-19-24-10-18(28-17-7-6-14(22)9-16(17)23)20(25-19)13-8-15(12(2)3)21(27)26(4)11-13;1-4(2)3/h6-12H,5H2,1-4H3;1H. The maximum Gasteiger partial charge on any atom is 0.308 e. The van der Waals surface area contributed by atoms with Gasteiger partial charge in [0.05, 0.1) is 6.20 Å². The highest BCUT2D eigenvalue weighted by atomic mass is 32.2. The number of hydrogen-bond donors (Lipinski definition) is 1. The van der Waals surface area contributed by atoms with Crippen molar-refractivity contribution in [1.82, 2.24) is 14.5 Å². The number of rotatable bonds is 5. The fourth-order valence-electron chi connectivity index (χ4n) is 2.82. The van der Waals surface area contributed by atoms with Crippen LogP contribution >= 0.6 is 0 Å². The fraction of sp³-hybridized carbons (Fsp3) is 0.286. The lowest BCUT2D eigenvalue weighted by atomic mass is 10.0. The molecule has 3 rings (SSSR count). The Morgan fingerprint density at radius 1 is 1.19 bits per heavy atom. The van der Waals surface area contributed by atoms with Crippen LogP contribution in [0.1, 0.15) is 38.1 Å². The highest BCUT2D eigenvalue weighted by Crippen LogP contribution is 2.33. The van der Waals surface area contributed by atoms with Crippen molar-refractivity contribution in [3.05, 3.63) is 70.0 Å². The quantitative estimate of drug-likeness (QED) is 0.604. The Bertz CT molecular complexity index is 1290. The molecule has 0 aliphatic carbocycles. The Morgan fingerprint density at radius 3 is 2.41 bits per heavy atom. The normalized spacial score (nSPS) is 10.5. The summed E-state index contributed by atoms with van der Waals surface area (Å²) < 4.78 is 57.2. The number of aromatic nitrogens is 3. The van der Waals surface area contributed by atoms with Crippen LogP contribution in [0, 0.1) is 16.4 Å². The monoisotopic (exact) mass is 464 g/mol. The van der Waals surface area contributed by atoms with E-state index < -0.39 is 22.1 Å². The number of hydrogen-bond acceptors (Lipinski definition) is 7. The van der Waals surface area contributed by atoms with Crippen LogP contribution in [-0.2, 0) is 24.0 Å². The van der Waals surface area contributed by atoms with Gasteiger partial charge in [-0.3, -0.25) is 4.79 Å².